The van der Waals surface area contributed by atoms with Crippen LogP contribution < -0.4 is 10.6 Å². The van der Waals surface area contributed by atoms with Crippen LogP contribution in [0.15, 0.2) is 35.2 Å². The molecule has 4 rings (SSSR count). The summed E-state index contributed by atoms with van der Waals surface area (Å²) >= 11 is 3.16. The van der Waals surface area contributed by atoms with Crippen LogP contribution in [0.3, 0.4) is 0 Å². The minimum Gasteiger partial charge on any atom is -0.344 e. The van der Waals surface area contributed by atoms with Crippen molar-refractivity contribution < 1.29 is 18.0 Å². The smallest absolute Gasteiger partial charge is 0.323 e. The zero-order valence-electron chi connectivity index (χ0n) is 15.1. The Morgan fingerprint density at radius 2 is 1.93 bits per heavy atom. The lowest BCUT2D eigenvalue weighted by molar-refractivity contribution is -0.0384. The van der Waals surface area contributed by atoms with E-state index in [1.807, 2.05) is 0 Å². The van der Waals surface area contributed by atoms with E-state index in [1.54, 1.807) is 12.1 Å². The lowest BCUT2D eigenvalue weighted by Crippen LogP contribution is -2.24. The number of amides is 2. The Balaban J connectivity index is 1.41. The van der Waals surface area contributed by atoms with Crippen molar-refractivity contribution in [3.05, 3.63) is 46.7 Å². The number of rotatable bonds is 3. The SMILES string of the molecule is O=C(Nc1ccc(C2CCC(F)(F)CC2)nc1)Nc1c[nH]c2ncc(F)c(Br)c12. The predicted molar refractivity (Wildman–Crippen MR) is 107 cm³/mol. The summed E-state index contributed by atoms with van der Waals surface area (Å²) in [5.74, 6) is -3.12. The van der Waals surface area contributed by atoms with E-state index in [9.17, 15) is 18.0 Å². The molecule has 0 radical (unpaired) electrons. The van der Waals surface area contributed by atoms with E-state index in [2.05, 4.69) is 41.5 Å². The molecule has 0 saturated heterocycles. The van der Waals surface area contributed by atoms with Crippen molar-refractivity contribution in [2.75, 3.05) is 10.6 Å². The van der Waals surface area contributed by atoms with Crippen LogP contribution in [0.1, 0.15) is 37.3 Å². The van der Waals surface area contributed by atoms with Crippen molar-refractivity contribution in [2.45, 2.75) is 37.5 Å². The summed E-state index contributed by atoms with van der Waals surface area (Å²) in [4.78, 5) is 23.4. The highest BCUT2D eigenvalue weighted by Crippen LogP contribution is 2.40. The fourth-order valence-corrected chi connectivity index (χ4v) is 3.98. The van der Waals surface area contributed by atoms with Crippen LogP contribution in [0.5, 0.6) is 0 Å². The van der Waals surface area contributed by atoms with Gasteiger partial charge in [0.1, 0.15) is 5.65 Å². The van der Waals surface area contributed by atoms with Gasteiger partial charge in [0, 0.05) is 30.7 Å². The summed E-state index contributed by atoms with van der Waals surface area (Å²) in [6.07, 6.45) is 4.62. The molecule has 3 N–H and O–H groups in total. The molecule has 29 heavy (non-hydrogen) atoms. The Morgan fingerprint density at radius 1 is 1.17 bits per heavy atom. The van der Waals surface area contributed by atoms with Crippen molar-refractivity contribution in [3.8, 4) is 0 Å². The minimum absolute atomic E-state index is 0.00321. The van der Waals surface area contributed by atoms with Gasteiger partial charge in [-0.3, -0.25) is 4.98 Å². The maximum absolute atomic E-state index is 13.7. The number of carbonyl (C=O) groups excluding carboxylic acids is 1. The first kappa shape index (κ1) is 19.7. The number of aromatic nitrogens is 3. The number of pyridine rings is 2. The molecule has 0 unspecified atom stereocenters. The second kappa shape index (κ2) is 7.66. The van der Waals surface area contributed by atoms with Gasteiger partial charge in [0.15, 0.2) is 5.82 Å². The van der Waals surface area contributed by atoms with Crippen molar-refractivity contribution in [1.29, 1.82) is 0 Å². The Labute approximate surface area is 172 Å². The second-order valence-corrected chi connectivity index (χ2v) is 7.82. The molecule has 0 spiro atoms. The number of fused-ring (bicyclic) bond motifs is 1. The fraction of sp³-hybridized carbons (Fsp3) is 0.316. The quantitative estimate of drug-likeness (QED) is 0.455. The molecule has 0 aromatic carbocycles. The number of nitrogens with zero attached hydrogens (tertiary/aromatic N) is 2. The van der Waals surface area contributed by atoms with E-state index < -0.39 is 17.8 Å². The van der Waals surface area contributed by atoms with Gasteiger partial charge in [-0.25, -0.2) is 22.9 Å². The first-order valence-corrected chi connectivity index (χ1v) is 9.84. The molecule has 6 nitrogen and oxygen atoms in total. The number of aromatic amines is 1. The minimum atomic E-state index is -2.58. The molecule has 3 heterocycles. The van der Waals surface area contributed by atoms with E-state index in [-0.39, 0.29) is 23.2 Å². The summed E-state index contributed by atoms with van der Waals surface area (Å²) < 4.78 is 40.5. The largest absolute Gasteiger partial charge is 0.344 e. The number of alkyl halides is 2. The van der Waals surface area contributed by atoms with Gasteiger partial charge < -0.3 is 15.6 Å². The molecule has 1 aliphatic rings. The molecule has 0 atom stereocenters. The zero-order chi connectivity index (χ0) is 20.6. The standard InChI is InChI=1S/C19H17BrF3N5O/c20-16-12(21)8-25-17-15(16)14(9-26-17)28-18(29)27-11-1-2-13(24-7-11)10-3-5-19(22,23)6-4-10/h1-2,7-10H,3-6H2,(H,25,26)(H2,27,28,29). The molecule has 1 saturated carbocycles. The van der Waals surface area contributed by atoms with Gasteiger partial charge in [-0.05, 0) is 40.9 Å². The summed E-state index contributed by atoms with van der Waals surface area (Å²) in [6.45, 7) is 0. The number of H-pyrrole nitrogens is 1. The van der Waals surface area contributed by atoms with Crippen LogP contribution in [0, 0.1) is 5.82 Å². The van der Waals surface area contributed by atoms with Crippen LogP contribution in [-0.4, -0.2) is 26.9 Å². The fourth-order valence-electron chi connectivity index (χ4n) is 3.47. The van der Waals surface area contributed by atoms with Gasteiger partial charge in [0.25, 0.3) is 0 Å². The summed E-state index contributed by atoms with van der Waals surface area (Å²) in [5, 5.41) is 5.70. The van der Waals surface area contributed by atoms with E-state index in [1.165, 1.54) is 12.4 Å². The molecule has 152 valence electrons. The summed E-state index contributed by atoms with van der Waals surface area (Å²) in [5.41, 5.74) is 1.99. The Morgan fingerprint density at radius 3 is 2.62 bits per heavy atom. The third kappa shape index (κ3) is 4.21. The number of hydrogen-bond donors (Lipinski definition) is 3. The maximum atomic E-state index is 13.7. The number of anilines is 2. The second-order valence-electron chi connectivity index (χ2n) is 7.03. The average molecular weight is 468 g/mol. The number of hydrogen-bond acceptors (Lipinski definition) is 3. The van der Waals surface area contributed by atoms with Crippen molar-refractivity contribution in [1.82, 2.24) is 15.0 Å². The Bertz CT molecular complexity index is 1040. The molecule has 3 aromatic heterocycles. The molecule has 0 bridgehead atoms. The molecule has 10 heteroatoms. The average Bonchev–Trinajstić information content (AvgIpc) is 3.09. The van der Waals surface area contributed by atoms with Crippen LogP contribution in [0.2, 0.25) is 0 Å². The highest BCUT2D eigenvalue weighted by Gasteiger charge is 2.35. The van der Waals surface area contributed by atoms with Gasteiger partial charge >= 0.3 is 6.03 Å². The molecule has 3 aromatic rings. The van der Waals surface area contributed by atoms with Crippen LogP contribution in [-0.2, 0) is 0 Å². The number of nitrogens with one attached hydrogen (secondary N) is 3. The highest BCUT2D eigenvalue weighted by molar-refractivity contribution is 9.10. The third-order valence-corrected chi connectivity index (χ3v) is 5.80. The van der Waals surface area contributed by atoms with Gasteiger partial charge in [-0.15, -0.1) is 0 Å². The van der Waals surface area contributed by atoms with Crippen LogP contribution >= 0.6 is 15.9 Å². The zero-order valence-corrected chi connectivity index (χ0v) is 16.7. The maximum Gasteiger partial charge on any atom is 0.323 e. The van der Waals surface area contributed by atoms with E-state index in [0.717, 1.165) is 11.9 Å². The lowest BCUT2D eigenvalue weighted by Gasteiger charge is -2.27. The molecule has 1 aliphatic carbocycles. The molecule has 0 aliphatic heterocycles. The third-order valence-electron chi connectivity index (χ3n) is 5.02. The molecule has 2 amide bonds. The van der Waals surface area contributed by atoms with Crippen LogP contribution in [0.25, 0.3) is 11.0 Å². The normalized spacial score (nSPS) is 16.7. The first-order chi connectivity index (χ1) is 13.8. The monoisotopic (exact) mass is 467 g/mol. The van der Waals surface area contributed by atoms with E-state index >= 15 is 0 Å². The summed E-state index contributed by atoms with van der Waals surface area (Å²) in [7, 11) is 0. The van der Waals surface area contributed by atoms with Crippen LogP contribution in [0.4, 0.5) is 29.3 Å². The lowest BCUT2D eigenvalue weighted by atomic mass is 9.84. The van der Waals surface area contributed by atoms with Crippen molar-refractivity contribution in [2.24, 2.45) is 0 Å². The van der Waals surface area contributed by atoms with Crippen molar-refractivity contribution >= 4 is 44.4 Å². The van der Waals surface area contributed by atoms with Gasteiger partial charge in [-0.1, -0.05) is 0 Å². The van der Waals surface area contributed by atoms with Crippen molar-refractivity contribution in [3.63, 3.8) is 0 Å². The van der Waals surface area contributed by atoms with Gasteiger partial charge in [0.2, 0.25) is 5.92 Å². The number of halogens is 4. The predicted octanol–water partition coefficient (Wildman–Crippen LogP) is 5.80. The molecular weight excluding hydrogens is 451 g/mol. The van der Waals surface area contributed by atoms with E-state index in [4.69, 9.17) is 0 Å². The number of carbonyl (C=O) groups is 1. The Hall–Kier alpha value is -2.62. The topological polar surface area (TPSA) is 82.7 Å². The Kier molecular flexibility index (Phi) is 5.20. The summed E-state index contributed by atoms with van der Waals surface area (Å²) in [6, 6.07) is 2.89. The van der Waals surface area contributed by atoms with Gasteiger partial charge in [0.05, 0.1) is 33.6 Å². The van der Waals surface area contributed by atoms with Gasteiger partial charge in [-0.2, -0.15) is 0 Å². The molecule has 1 fully saturated rings. The molecular formula is C19H17BrF3N5O. The highest BCUT2D eigenvalue weighted by atomic mass is 79.9. The number of urea groups is 1. The van der Waals surface area contributed by atoms with E-state index in [0.29, 0.717) is 35.2 Å². The first-order valence-electron chi connectivity index (χ1n) is 9.05.